The molecule has 0 radical (unpaired) electrons. The van der Waals surface area contributed by atoms with Crippen molar-refractivity contribution in [1.29, 1.82) is 0 Å². The van der Waals surface area contributed by atoms with Gasteiger partial charge in [0.2, 0.25) is 0 Å². The number of aryl methyl sites for hydroxylation is 1. The number of carbonyl (C=O) groups excluding carboxylic acids is 1. The van der Waals surface area contributed by atoms with Crippen LogP contribution in [0.2, 0.25) is 0 Å². The molecule has 4 N–H and O–H groups in total. The summed E-state index contributed by atoms with van der Waals surface area (Å²) in [4.78, 5) is 12.1. The fourth-order valence-electron chi connectivity index (χ4n) is 2.17. The number of amides is 1. The zero-order valence-corrected chi connectivity index (χ0v) is 11.0. The Balaban J connectivity index is 2.07. The lowest BCUT2D eigenvalue weighted by molar-refractivity contribution is -0.0689. The van der Waals surface area contributed by atoms with Crippen molar-refractivity contribution in [1.82, 2.24) is 5.32 Å². The van der Waals surface area contributed by atoms with Crippen LogP contribution in [0.3, 0.4) is 0 Å². The van der Waals surface area contributed by atoms with Crippen molar-refractivity contribution < 1.29 is 9.90 Å². The molecular formula is C14H20N2O2. The predicted molar refractivity (Wildman–Crippen MR) is 71.3 cm³/mol. The minimum atomic E-state index is -0.342. The van der Waals surface area contributed by atoms with Gasteiger partial charge >= 0.3 is 0 Å². The van der Waals surface area contributed by atoms with Gasteiger partial charge in [0.15, 0.2) is 0 Å². The summed E-state index contributed by atoms with van der Waals surface area (Å²) in [5.41, 5.74) is 7.68. The van der Waals surface area contributed by atoms with Gasteiger partial charge < -0.3 is 16.2 Å². The van der Waals surface area contributed by atoms with Crippen LogP contribution in [0.5, 0.6) is 0 Å². The van der Waals surface area contributed by atoms with Crippen LogP contribution in [-0.4, -0.2) is 23.2 Å². The van der Waals surface area contributed by atoms with Crippen molar-refractivity contribution in [3.05, 3.63) is 29.3 Å². The molecule has 0 aliphatic heterocycles. The van der Waals surface area contributed by atoms with E-state index in [-0.39, 0.29) is 23.5 Å². The molecule has 4 nitrogen and oxygen atoms in total. The maximum atomic E-state index is 12.1. The Morgan fingerprint density at radius 1 is 1.50 bits per heavy atom. The molecule has 2 unspecified atom stereocenters. The summed E-state index contributed by atoms with van der Waals surface area (Å²) in [6.45, 7) is 5.81. The van der Waals surface area contributed by atoms with Crippen molar-refractivity contribution in [2.75, 3.05) is 5.73 Å². The Labute approximate surface area is 107 Å². The molecule has 98 valence electrons. The molecule has 1 amide bonds. The van der Waals surface area contributed by atoms with Crippen molar-refractivity contribution in [3.8, 4) is 0 Å². The molecule has 0 spiro atoms. The van der Waals surface area contributed by atoms with Gasteiger partial charge in [0.1, 0.15) is 0 Å². The average molecular weight is 248 g/mol. The number of carbonyl (C=O) groups is 1. The number of rotatable bonds is 2. The number of hydrogen-bond acceptors (Lipinski definition) is 3. The lowest BCUT2D eigenvalue weighted by atomic mass is 9.64. The topological polar surface area (TPSA) is 75.3 Å². The Kier molecular flexibility index (Phi) is 3.07. The largest absolute Gasteiger partial charge is 0.398 e. The van der Waals surface area contributed by atoms with E-state index in [0.717, 1.165) is 5.56 Å². The van der Waals surface area contributed by atoms with Gasteiger partial charge in [-0.3, -0.25) is 4.79 Å². The first-order valence-electron chi connectivity index (χ1n) is 6.17. The molecule has 2 rings (SSSR count). The normalized spacial score (nSPS) is 25.3. The third kappa shape index (κ3) is 2.08. The zero-order chi connectivity index (χ0) is 13.5. The first-order valence-corrected chi connectivity index (χ1v) is 6.17. The van der Waals surface area contributed by atoms with Crippen LogP contribution in [0, 0.1) is 12.3 Å². The molecule has 1 fully saturated rings. The van der Waals surface area contributed by atoms with Crippen LogP contribution in [0.15, 0.2) is 18.2 Å². The smallest absolute Gasteiger partial charge is 0.251 e. The second-order valence-corrected chi connectivity index (χ2v) is 5.67. The zero-order valence-electron chi connectivity index (χ0n) is 11.0. The van der Waals surface area contributed by atoms with Gasteiger partial charge in [-0.25, -0.2) is 0 Å². The van der Waals surface area contributed by atoms with Gasteiger partial charge in [-0.05, 0) is 31.0 Å². The molecule has 1 aliphatic carbocycles. The van der Waals surface area contributed by atoms with Crippen molar-refractivity contribution in [2.24, 2.45) is 5.41 Å². The minimum Gasteiger partial charge on any atom is -0.398 e. The number of aliphatic hydroxyl groups is 1. The SMILES string of the molecule is Cc1ccc(C(=O)NC2CC(O)C2(C)C)cc1N. The molecule has 1 saturated carbocycles. The van der Waals surface area contributed by atoms with E-state index in [0.29, 0.717) is 17.7 Å². The van der Waals surface area contributed by atoms with Crippen LogP contribution in [0.4, 0.5) is 5.69 Å². The van der Waals surface area contributed by atoms with E-state index in [9.17, 15) is 9.90 Å². The maximum absolute atomic E-state index is 12.1. The van der Waals surface area contributed by atoms with Gasteiger partial charge in [-0.1, -0.05) is 19.9 Å². The van der Waals surface area contributed by atoms with E-state index in [4.69, 9.17) is 5.73 Å². The number of nitrogen functional groups attached to an aromatic ring is 1. The third-order valence-electron chi connectivity index (χ3n) is 4.06. The summed E-state index contributed by atoms with van der Waals surface area (Å²) < 4.78 is 0. The number of aliphatic hydroxyl groups excluding tert-OH is 1. The number of nitrogens with two attached hydrogens (primary N) is 1. The molecule has 18 heavy (non-hydrogen) atoms. The highest BCUT2D eigenvalue weighted by Gasteiger charge is 2.47. The Morgan fingerprint density at radius 3 is 2.67 bits per heavy atom. The molecular weight excluding hydrogens is 228 g/mol. The average Bonchev–Trinajstić information content (AvgIpc) is 2.32. The predicted octanol–water partition coefficient (Wildman–Crippen LogP) is 1.47. The van der Waals surface area contributed by atoms with Crippen LogP contribution in [0.25, 0.3) is 0 Å². The van der Waals surface area contributed by atoms with E-state index < -0.39 is 0 Å². The van der Waals surface area contributed by atoms with Crippen LogP contribution in [-0.2, 0) is 0 Å². The second kappa shape index (κ2) is 4.28. The molecule has 0 saturated heterocycles. The fraction of sp³-hybridized carbons (Fsp3) is 0.500. The fourth-order valence-corrected chi connectivity index (χ4v) is 2.17. The van der Waals surface area contributed by atoms with E-state index in [1.807, 2.05) is 26.8 Å². The lowest BCUT2D eigenvalue weighted by Crippen LogP contribution is -2.61. The second-order valence-electron chi connectivity index (χ2n) is 5.67. The summed E-state index contributed by atoms with van der Waals surface area (Å²) in [6.07, 6.45) is 0.269. The number of hydrogen-bond donors (Lipinski definition) is 3. The van der Waals surface area contributed by atoms with E-state index in [1.54, 1.807) is 12.1 Å². The standard InChI is InChI=1S/C14H20N2O2/c1-8-4-5-9(6-10(8)15)13(18)16-11-7-12(17)14(11,2)3/h4-6,11-12,17H,7,15H2,1-3H3,(H,16,18). The van der Waals surface area contributed by atoms with Crippen molar-refractivity contribution in [2.45, 2.75) is 39.3 Å². The van der Waals surface area contributed by atoms with Crippen molar-refractivity contribution >= 4 is 11.6 Å². The highest BCUT2D eigenvalue weighted by molar-refractivity contribution is 5.95. The lowest BCUT2D eigenvalue weighted by Gasteiger charge is -2.49. The van der Waals surface area contributed by atoms with Crippen molar-refractivity contribution in [3.63, 3.8) is 0 Å². The molecule has 0 aromatic heterocycles. The quantitative estimate of drug-likeness (QED) is 0.694. The summed E-state index contributed by atoms with van der Waals surface area (Å²) in [7, 11) is 0. The maximum Gasteiger partial charge on any atom is 0.251 e. The van der Waals surface area contributed by atoms with Gasteiger partial charge in [0.05, 0.1) is 6.10 Å². The summed E-state index contributed by atoms with van der Waals surface area (Å²) in [5, 5.41) is 12.6. The highest BCUT2D eigenvalue weighted by Crippen LogP contribution is 2.40. The van der Waals surface area contributed by atoms with Gasteiger partial charge in [0.25, 0.3) is 5.91 Å². The molecule has 4 heteroatoms. The Hall–Kier alpha value is -1.55. The summed E-state index contributed by atoms with van der Waals surface area (Å²) in [6, 6.07) is 5.31. The number of nitrogens with one attached hydrogen (secondary N) is 1. The minimum absolute atomic E-state index is 0.0162. The summed E-state index contributed by atoms with van der Waals surface area (Å²) in [5.74, 6) is -0.133. The first-order chi connectivity index (χ1) is 8.32. The number of benzene rings is 1. The monoisotopic (exact) mass is 248 g/mol. The van der Waals surface area contributed by atoms with Crippen LogP contribution >= 0.6 is 0 Å². The van der Waals surface area contributed by atoms with Crippen LogP contribution in [0.1, 0.15) is 36.2 Å². The molecule has 0 bridgehead atoms. The highest BCUT2D eigenvalue weighted by atomic mass is 16.3. The van der Waals surface area contributed by atoms with E-state index in [1.165, 1.54) is 0 Å². The molecule has 1 aromatic rings. The van der Waals surface area contributed by atoms with Gasteiger partial charge in [-0.2, -0.15) is 0 Å². The first kappa shape index (κ1) is 12.9. The van der Waals surface area contributed by atoms with Crippen LogP contribution < -0.4 is 11.1 Å². The molecule has 0 heterocycles. The summed E-state index contributed by atoms with van der Waals surface area (Å²) >= 11 is 0. The Bertz CT molecular complexity index is 483. The molecule has 1 aromatic carbocycles. The van der Waals surface area contributed by atoms with Gasteiger partial charge in [0, 0.05) is 22.7 Å². The molecule has 1 aliphatic rings. The number of anilines is 1. The molecule has 2 atom stereocenters. The third-order valence-corrected chi connectivity index (χ3v) is 4.06. The van der Waals surface area contributed by atoms with E-state index in [2.05, 4.69) is 5.32 Å². The van der Waals surface area contributed by atoms with Gasteiger partial charge in [-0.15, -0.1) is 0 Å². The van der Waals surface area contributed by atoms with E-state index >= 15 is 0 Å². The Morgan fingerprint density at radius 2 is 2.17 bits per heavy atom.